The first-order valence-electron chi connectivity index (χ1n) is 6.06. The van der Waals surface area contributed by atoms with Crippen molar-refractivity contribution in [1.29, 1.82) is 0 Å². The molecule has 0 N–H and O–H groups in total. The molecule has 0 amide bonds. The summed E-state index contributed by atoms with van der Waals surface area (Å²) in [6.45, 7) is -4.71. The smallest absolute Gasteiger partial charge is 0.447 e. The number of hydrogen-bond acceptors (Lipinski definition) is 3. The van der Waals surface area contributed by atoms with Gasteiger partial charge in [0.2, 0.25) is 0 Å². The van der Waals surface area contributed by atoms with E-state index in [0.29, 0.717) is 19.8 Å². The van der Waals surface area contributed by atoms with Crippen molar-refractivity contribution in [2.45, 2.75) is 6.61 Å². The molecule has 0 bridgehead atoms. The SMILES string of the molecule is F[B-](F)(F)COCCOCCOCc1ccccc1. The fourth-order valence-corrected chi connectivity index (χ4v) is 1.32. The van der Waals surface area contributed by atoms with Crippen molar-refractivity contribution in [3.63, 3.8) is 0 Å². The van der Waals surface area contributed by atoms with E-state index in [2.05, 4.69) is 4.74 Å². The van der Waals surface area contributed by atoms with Crippen LogP contribution in [0, 0.1) is 0 Å². The lowest BCUT2D eigenvalue weighted by atomic mass is 9.95. The number of hydrogen-bond donors (Lipinski definition) is 0. The van der Waals surface area contributed by atoms with Crippen LogP contribution in [0.2, 0.25) is 0 Å². The molecule has 0 aromatic heterocycles. The molecule has 7 heteroatoms. The van der Waals surface area contributed by atoms with Crippen molar-refractivity contribution >= 4 is 6.98 Å². The van der Waals surface area contributed by atoms with E-state index >= 15 is 0 Å². The maximum atomic E-state index is 11.8. The van der Waals surface area contributed by atoms with Gasteiger partial charge in [0.15, 0.2) is 0 Å². The van der Waals surface area contributed by atoms with Crippen molar-refractivity contribution in [2.24, 2.45) is 0 Å². The molecule has 0 aliphatic carbocycles. The Kier molecular flexibility index (Phi) is 7.55. The Morgan fingerprint density at radius 2 is 1.37 bits per heavy atom. The van der Waals surface area contributed by atoms with E-state index in [4.69, 9.17) is 9.47 Å². The Balaban J connectivity index is 1.87. The van der Waals surface area contributed by atoms with Crippen LogP contribution in [-0.4, -0.2) is 39.9 Å². The molecule has 0 saturated carbocycles. The molecule has 0 heterocycles. The van der Waals surface area contributed by atoms with Gasteiger partial charge in [-0.1, -0.05) is 30.3 Å². The van der Waals surface area contributed by atoms with Gasteiger partial charge in [-0.15, -0.1) is 0 Å². The van der Waals surface area contributed by atoms with Gasteiger partial charge < -0.3 is 27.2 Å². The highest BCUT2D eigenvalue weighted by atomic mass is 19.4. The van der Waals surface area contributed by atoms with E-state index in [1.165, 1.54) is 0 Å². The van der Waals surface area contributed by atoms with E-state index in [1.807, 2.05) is 30.3 Å². The van der Waals surface area contributed by atoms with Crippen LogP contribution in [0.1, 0.15) is 5.56 Å². The van der Waals surface area contributed by atoms with Crippen molar-refractivity contribution in [1.82, 2.24) is 0 Å². The van der Waals surface area contributed by atoms with Gasteiger partial charge in [0.05, 0.1) is 33.0 Å². The minimum absolute atomic E-state index is 0.0556. The van der Waals surface area contributed by atoms with Gasteiger partial charge in [0.25, 0.3) is 0 Å². The molecule has 0 aliphatic heterocycles. The van der Waals surface area contributed by atoms with Gasteiger partial charge >= 0.3 is 6.98 Å². The van der Waals surface area contributed by atoms with Crippen LogP contribution in [0.4, 0.5) is 12.9 Å². The third kappa shape index (κ3) is 9.52. The first kappa shape index (κ1) is 16.0. The Morgan fingerprint density at radius 1 is 0.789 bits per heavy atom. The Labute approximate surface area is 110 Å². The van der Waals surface area contributed by atoms with E-state index in [-0.39, 0.29) is 13.2 Å². The molecule has 0 aliphatic rings. The van der Waals surface area contributed by atoms with Gasteiger partial charge in [-0.2, -0.15) is 0 Å². The molecule has 3 nitrogen and oxygen atoms in total. The zero-order chi connectivity index (χ0) is 14.0. The molecule has 19 heavy (non-hydrogen) atoms. The quantitative estimate of drug-likeness (QED) is 0.486. The number of ether oxygens (including phenoxy) is 3. The number of rotatable bonds is 10. The molecule has 0 atom stereocenters. The summed E-state index contributed by atoms with van der Waals surface area (Å²) in [5, 5.41) is 0. The van der Waals surface area contributed by atoms with Crippen molar-refractivity contribution < 1.29 is 27.2 Å². The summed E-state index contributed by atoms with van der Waals surface area (Å²) in [4.78, 5) is 0. The number of halogens is 3. The summed E-state index contributed by atoms with van der Waals surface area (Å²) in [6, 6.07) is 9.68. The van der Waals surface area contributed by atoms with Gasteiger partial charge in [-0.05, 0) is 5.56 Å². The predicted octanol–water partition coefficient (Wildman–Crippen LogP) is 2.62. The molecule has 0 spiro atoms. The van der Waals surface area contributed by atoms with Crippen LogP contribution < -0.4 is 0 Å². The first-order valence-corrected chi connectivity index (χ1v) is 6.06. The summed E-state index contributed by atoms with van der Waals surface area (Å²) < 4.78 is 50.1. The van der Waals surface area contributed by atoms with Gasteiger partial charge in [0.1, 0.15) is 0 Å². The third-order valence-electron chi connectivity index (χ3n) is 2.16. The maximum Gasteiger partial charge on any atom is 0.503 e. The summed E-state index contributed by atoms with van der Waals surface area (Å²) in [7, 11) is 0. The average Bonchev–Trinajstić information content (AvgIpc) is 2.37. The molecule has 0 unspecified atom stereocenters. The minimum Gasteiger partial charge on any atom is -0.447 e. The molecular weight excluding hydrogens is 260 g/mol. The van der Waals surface area contributed by atoms with Crippen LogP contribution >= 0.6 is 0 Å². The molecule has 0 radical (unpaired) electrons. The summed E-state index contributed by atoms with van der Waals surface area (Å²) in [5.41, 5.74) is 1.07. The normalized spacial score (nSPS) is 11.7. The lowest BCUT2D eigenvalue weighted by molar-refractivity contribution is 0.0144. The average molecular weight is 277 g/mol. The van der Waals surface area contributed by atoms with Crippen LogP contribution in [0.5, 0.6) is 0 Å². The molecular formula is C12H17BF3O3-. The summed E-state index contributed by atoms with van der Waals surface area (Å²) in [5.74, 6) is 0. The van der Waals surface area contributed by atoms with E-state index in [0.717, 1.165) is 5.56 Å². The maximum absolute atomic E-state index is 11.8. The summed E-state index contributed by atoms with van der Waals surface area (Å²) >= 11 is 0. The van der Waals surface area contributed by atoms with Crippen LogP contribution in [0.25, 0.3) is 0 Å². The zero-order valence-corrected chi connectivity index (χ0v) is 10.6. The Morgan fingerprint density at radius 3 is 2.00 bits per heavy atom. The molecule has 0 fully saturated rings. The second-order valence-corrected chi connectivity index (χ2v) is 3.94. The van der Waals surface area contributed by atoms with Crippen LogP contribution in [0.15, 0.2) is 30.3 Å². The fraction of sp³-hybridized carbons (Fsp3) is 0.500. The second-order valence-electron chi connectivity index (χ2n) is 3.94. The third-order valence-corrected chi connectivity index (χ3v) is 2.16. The highest BCUT2D eigenvalue weighted by Gasteiger charge is 2.22. The highest BCUT2D eigenvalue weighted by molar-refractivity contribution is 6.58. The lowest BCUT2D eigenvalue weighted by Gasteiger charge is -2.13. The molecule has 1 aromatic rings. The molecule has 108 valence electrons. The zero-order valence-electron chi connectivity index (χ0n) is 10.6. The van der Waals surface area contributed by atoms with Gasteiger partial charge in [-0.3, -0.25) is 0 Å². The largest absolute Gasteiger partial charge is 0.503 e. The van der Waals surface area contributed by atoms with Crippen LogP contribution in [0.3, 0.4) is 0 Å². The molecule has 1 aromatic carbocycles. The first-order chi connectivity index (χ1) is 9.08. The Hall–Kier alpha value is -1.05. The van der Waals surface area contributed by atoms with Gasteiger partial charge in [-0.25, -0.2) is 0 Å². The minimum atomic E-state index is -4.86. The monoisotopic (exact) mass is 277 g/mol. The molecule has 0 saturated heterocycles. The second kappa shape index (κ2) is 8.95. The van der Waals surface area contributed by atoms with Crippen molar-refractivity contribution in [3.8, 4) is 0 Å². The van der Waals surface area contributed by atoms with Crippen molar-refractivity contribution in [3.05, 3.63) is 35.9 Å². The van der Waals surface area contributed by atoms with E-state index < -0.39 is 13.5 Å². The fourth-order valence-electron chi connectivity index (χ4n) is 1.32. The number of benzene rings is 1. The Bertz CT molecular complexity index is 333. The van der Waals surface area contributed by atoms with Crippen molar-refractivity contribution in [2.75, 3.05) is 32.9 Å². The van der Waals surface area contributed by atoms with E-state index in [9.17, 15) is 12.9 Å². The lowest BCUT2D eigenvalue weighted by Crippen LogP contribution is -2.25. The standard InChI is InChI=1S/C12H17BF3O3/c14-13(15,16)11-19-9-7-17-6-8-18-10-12-4-2-1-3-5-12/h1-5H,6-11H2/q-1. The topological polar surface area (TPSA) is 27.7 Å². The molecule has 1 rings (SSSR count). The highest BCUT2D eigenvalue weighted by Crippen LogP contribution is 2.07. The summed E-state index contributed by atoms with van der Waals surface area (Å²) in [6.07, 6.45) is 0. The van der Waals surface area contributed by atoms with Gasteiger partial charge in [0, 0.05) is 6.51 Å². The van der Waals surface area contributed by atoms with Crippen LogP contribution in [-0.2, 0) is 20.8 Å². The predicted molar refractivity (Wildman–Crippen MR) is 66.8 cm³/mol. The van der Waals surface area contributed by atoms with E-state index in [1.54, 1.807) is 0 Å².